The lowest BCUT2D eigenvalue weighted by Gasteiger charge is -2.34. The number of carbonyl (C=O) groups is 1. The summed E-state index contributed by atoms with van der Waals surface area (Å²) in [6.07, 6.45) is 0. The van der Waals surface area contributed by atoms with Crippen LogP contribution in [0.3, 0.4) is 0 Å². The molecule has 0 atom stereocenters. The molecule has 1 fully saturated rings. The molecule has 1 aromatic heterocycles. The van der Waals surface area contributed by atoms with Crippen molar-refractivity contribution in [2.45, 2.75) is 6.54 Å². The smallest absolute Gasteiger partial charge is 0.253 e. The number of nitrogens with zero attached hydrogens (tertiary/aromatic N) is 3. The first-order valence-corrected chi connectivity index (χ1v) is 10.9. The van der Waals surface area contributed by atoms with Gasteiger partial charge >= 0.3 is 0 Å². The molecule has 1 saturated heterocycles. The Kier molecular flexibility index (Phi) is 5.81. The van der Waals surface area contributed by atoms with Crippen molar-refractivity contribution < 1.29 is 9.21 Å². The Bertz CT molecular complexity index is 1110. The molecule has 2 heterocycles. The van der Waals surface area contributed by atoms with Crippen LogP contribution in [0, 0.1) is 0 Å². The lowest BCUT2D eigenvalue weighted by molar-refractivity contribution is 0.0618. The first kappa shape index (κ1) is 20.2. The van der Waals surface area contributed by atoms with Gasteiger partial charge in [0.1, 0.15) is 5.69 Å². The first-order valence-electron chi connectivity index (χ1n) is 10.9. The molecule has 0 spiro atoms. The molecule has 5 rings (SSSR count). The van der Waals surface area contributed by atoms with Gasteiger partial charge in [0, 0.05) is 42.9 Å². The van der Waals surface area contributed by atoms with E-state index in [0.29, 0.717) is 25.5 Å². The van der Waals surface area contributed by atoms with Gasteiger partial charge in [-0.25, -0.2) is 4.98 Å². The minimum absolute atomic E-state index is 0.0964. The molecule has 1 aliphatic heterocycles. The number of aromatic nitrogens is 1. The zero-order valence-corrected chi connectivity index (χ0v) is 17.9. The third kappa shape index (κ3) is 4.34. The van der Waals surface area contributed by atoms with E-state index in [0.717, 1.165) is 41.2 Å². The normalized spacial score (nSPS) is 14.4. The summed E-state index contributed by atoms with van der Waals surface area (Å²) in [5, 5.41) is 0. The molecule has 32 heavy (non-hydrogen) atoms. The van der Waals surface area contributed by atoms with Gasteiger partial charge < -0.3 is 9.32 Å². The van der Waals surface area contributed by atoms with E-state index in [1.807, 2.05) is 83.8 Å². The topological polar surface area (TPSA) is 49.6 Å². The van der Waals surface area contributed by atoms with E-state index in [1.54, 1.807) is 0 Å². The van der Waals surface area contributed by atoms with Crippen molar-refractivity contribution in [3.63, 3.8) is 0 Å². The van der Waals surface area contributed by atoms with Crippen molar-refractivity contribution >= 4 is 5.91 Å². The quantitative estimate of drug-likeness (QED) is 0.455. The van der Waals surface area contributed by atoms with Crippen LogP contribution in [0.15, 0.2) is 95.4 Å². The van der Waals surface area contributed by atoms with Crippen LogP contribution in [0.2, 0.25) is 0 Å². The lowest BCUT2D eigenvalue weighted by atomic mass is 10.1. The molecule has 4 aromatic rings. The standard InChI is InChI=1S/C27H25N3O2/c31-27(23-14-8-3-9-15-23)30-18-16-29(17-19-30)20-24-28-25(21-10-4-1-5-11-21)26(32-24)22-12-6-2-7-13-22/h1-15H,16-20H2. The summed E-state index contributed by atoms with van der Waals surface area (Å²) in [6.45, 7) is 3.61. The Morgan fingerprint density at radius 3 is 1.94 bits per heavy atom. The van der Waals surface area contributed by atoms with E-state index >= 15 is 0 Å². The number of carbonyl (C=O) groups excluding carboxylic acids is 1. The van der Waals surface area contributed by atoms with E-state index in [9.17, 15) is 4.79 Å². The molecular weight excluding hydrogens is 398 g/mol. The van der Waals surface area contributed by atoms with Crippen molar-refractivity contribution in [1.82, 2.24) is 14.8 Å². The number of amides is 1. The van der Waals surface area contributed by atoms with Crippen LogP contribution in [0.1, 0.15) is 16.2 Å². The highest BCUT2D eigenvalue weighted by Gasteiger charge is 2.24. The van der Waals surface area contributed by atoms with Gasteiger partial charge in [-0.2, -0.15) is 0 Å². The summed E-state index contributed by atoms with van der Waals surface area (Å²) in [6, 6.07) is 29.7. The second-order valence-corrected chi connectivity index (χ2v) is 7.95. The number of hydrogen-bond donors (Lipinski definition) is 0. The van der Waals surface area contributed by atoms with Gasteiger partial charge in [0.15, 0.2) is 5.76 Å². The first-order chi connectivity index (χ1) is 15.8. The molecular formula is C27H25N3O2. The number of benzene rings is 3. The Balaban J connectivity index is 1.31. The van der Waals surface area contributed by atoms with Crippen LogP contribution in [0.4, 0.5) is 0 Å². The maximum atomic E-state index is 12.7. The fraction of sp³-hybridized carbons (Fsp3) is 0.185. The van der Waals surface area contributed by atoms with Crippen LogP contribution < -0.4 is 0 Å². The fourth-order valence-electron chi connectivity index (χ4n) is 4.07. The van der Waals surface area contributed by atoms with E-state index in [1.165, 1.54) is 0 Å². The largest absolute Gasteiger partial charge is 0.439 e. The molecule has 1 aliphatic rings. The van der Waals surface area contributed by atoms with Gasteiger partial charge in [0.2, 0.25) is 5.89 Å². The van der Waals surface area contributed by atoms with Crippen molar-refractivity contribution in [3.05, 3.63) is 102 Å². The van der Waals surface area contributed by atoms with Crippen molar-refractivity contribution in [1.29, 1.82) is 0 Å². The predicted molar refractivity (Wildman–Crippen MR) is 125 cm³/mol. The van der Waals surface area contributed by atoms with Crippen LogP contribution in [0.5, 0.6) is 0 Å². The number of oxazole rings is 1. The molecule has 0 aliphatic carbocycles. The molecule has 0 unspecified atom stereocenters. The maximum absolute atomic E-state index is 12.7. The number of rotatable bonds is 5. The molecule has 0 N–H and O–H groups in total. The molecule has 3 aromatic carbocycles. The fourth-order valence-corrected chi connectivity index (χ4v) is 4.07. The Labute approximate surface area is 187 Å². The van der Waals surface area contributed by atoms with Gasteiger partial charge in [-0.3, -0.25) is 9.69 Å². The number of piperazine rings is 1. The summed E-state index contributed by atoms with van der Waals surface area (Å²) in [7, 11) is 0. The predicted octanol–water partition coefficient (Wildman–Crippen LogP) is 4.97. The lowest BCUT2D eigenvalue weighted by Crippen LogP contribution is -2.48. The Hall–Kier alpha value is -3.70. The summed E-state index contributed by atoms with van der Waals surface area (Å²) in [5.41, 5.74) is 3.67. The van der Waals surface area contributed by atoms with E-state index in [-0.39, 0.29) is 5.91 Å². The van der Waals surface area contributed by atoms with Crippen LogP contribution in [-0.2, 0) is 6.54 Å². The maximum Gasteiger partial charge on any atom is 0.253 e. The SMILES string of the molecule is O=C(c1ccccc1)N1CCN(Cc2nc(-c3ccccc3)c(-c3ccccc3)o2)CC1. The Morgan fingerprint density at radius 1 is 0.750 bits per heavy atom. The average molecular weight is 424 g/mol. The van der Waals surface area contributed by atoms with Crippen LogP contribution in [-0.4, -0.2) is 46.9 Å². The second-order valence-electron chi connectivity index (χ2n) is 7.95. The summed E-state index contributed by atoms with van der Waals surface area (Å²) in [5.74, 6) is 1.59. The molecule has 0 saturated carbocycles. The van der Waals surface area contributed by atoms with Crippen molar-refractivity contribution in [2.75, 3.05) is 26.2 Å². The summed E-state index contributed by atoms with van der Waals surface area (Å²) < 4.78 is 6.27. The molecule has 160 valence electrons. The third-order valence-corrected chi connectivity index (χ3v) is 5.79. The average Bonchev–Trinajstić information content (AvgIpc) is 3.29. The van der Waals surface area contributed by atoms with E-state index in [2.05, 4.69) is 17.0 Å². The number of hydrogen-bond acceptors (Lipinski definition) is 4. The molecule has 5 nitrogen and oxygen atoms in total. The third-order valence-electron chi connectivity index (χ3n) is 5.79. The zero-order valence-electron chi connectivity index (χ0n) is 17.9. The van der Waals surface area contributed by atoms with E-state index in [4.69, 9.17) is 9.40 Å². The molecule has 0 radical (unpaired) electrons. The van der Waals surface area contributed by atoms with Crippen molar-refractivity contribution in [2.24, 2.45) is 0 Å². The minimum atomic E-state index is 0.0964. The summed E-state index contributed by atoms with van der Waals surface area (Å²) in [4.78, 5) is 21.8. The second kappa shape index (κ2) is 9.20. The monoisotopic (exact) mass is 423 g/mol. The van der Waals surface area contributed by atoms with Crippen LogP contribution in [0.25, 0.3) is 22.6 Å². The van der Waals surface area contributed by atoms with Crippen molar-refractivity contribution in [3.8, 4) is 22.6 Å². The van der Waals surface area contributed by atoms with Gasteiger partial charge in [0.25, 0.3) is 5.91 Å². The zero-order chi connectivity index (χ0) is 21.8. The van der Waals surface area contributed by atoms with Gasteiger partial charge in [-0.1, -0.05) is 78.9 Å². The van der Waals surface area contributed by atoms with Gasteiger partial charge in [0.05, 0.1) is 6.54 Å². The highest BCUT2D eigenvalue weighted by molar-refractivity contribution is 5.94. The summed E-state index contributed by atoms with van der Waals surface area (Å²) >= 11 is 0. The van der Waals surface area contributed by atoms with Gasteiger partial charge in [-0.15, -0.1) is 0 Å². The molecule has 1 amide bonds. The highest BCUT2D eigenvalue weighted by Crippen LogP contribution is 2.33. The Morgan fingerprint density at radius 2 is 1.31 bits per heavy atom. The highest BCUT2D eigenvalue weighted by atomic mass is 16.4. The van der Waals surface area contributed by atoms with Crippen LogP contribution >= 0.6 is 0 Å². The van der Waals surface area contributed by atoms with E-state index < -0.39 is 0 Å². The molecule has 0 bridgehead atoms. The minimum Gasteiger partial charge on any atom is -0.439 e. The van der Waals surface area contributed by atoms with Gasteiger partial charge in [-0.05, 0) is 12.1 Å². The molecule has 5 heteroatoms.